The van der Waals surface area contributed by atoms with Crippen molar-refractivity contribution < 1.29 is 0 Å². The van der Waals surface area contributed by atoms with Crippen LogP contribution in [0.4, 0.5) is 0 Å². The van der Waals surface area contributed by atoms with Gasteiger partial charge in [0.15, 0.2) is 0 Å². The van der Waals surface area contributed by atoms with Crippen LogP contribution in [-0.4, -0.2) is 5.25 Å². The highest BCUT2D eigenvalue weighted by Crippen LogP contribution is 2.25. The highest BCUT2D eigenvalue weighted by atomic mass is 32.1. The van der Waals surface area contributed by atoms with Gasteiger partial charge in [0, 0.05) is 5.25 Å². The fourth-order valence-electron chi connectivity index (χ4n) is 1.44. The van der Waals surface area contributed by atoms with Gasteiger partial charge in [0.05, 0.1) is 0 Å². The molecule has 0 radical (unpaired) electrons. The molecule has 1 rings (SSSR count). The monoisotopic (exact) mass is 168 g/mol. The maximum Gasteiger partial charge on any atom is 0.0263 e. The Bertz CT molecular complexity index is 189. The summed E-state index contributed by atoms with van der Waals surface area (Å²) in [7, 11) is 0. The van der Waals surface area contributed by atoms with E-state index in [1.165, 1.54) is 24.0 Å². The molecule has 0 nitrogen and oxygen atoms in total. The van der Waals surface area contributed by atoms with Crippen LogP contribution in [0.25, 0.3) is 0 Å². The maximum absolute atomic E-state index is 4.52. The smallest absolute Gasteiger partial charge is 0.0263 e. The zero-order chi connectivity index (χ0) is 8.27. The van der Waals surface area contributed by atoms with Crippen molar-refractivity contribution in [2.75, 3.05) is 0 Å². The molecule has 0 heterocycles. The first kappa shape index (κ1) is 8.92. The molecule has 0 aromatic carbocycles. The van der Waals surface area contributed by atoms with Crippen LogP contribution in [0.1, 0.15) is 33.1 Å². The van der Waals surface area contributed by atoms with Crippen molar-refractivity contribution in [3.63, 3.8) is 0 Å². The minimum absolute atomic E-state index is 0.451. The van der Waals surface area contributed by atoms with E-state index < -0.39 is 0 Å². The number of hydrogen-bond donors (Lipinski definition) is 1. The van der Waals surface area contributed by atoms with Crippen LogP contribution in [0, 0.1) is 0 Å². The highest BCUT2D eigenvalue weighted by molar-refractivity contribution is 7.81. The molecule has 11 heavy (non-hydrogen) atoms. The van der Waals surface area contributed by atoms with Crippen LogP contribution in [0.15, 0.2) is 23.3 Å². The zero-order valence-electron chi connectivity index (χ0n) is 7.30. The maximum atomic E-state index is 4.52. The predicted octanol–water partition coefficient (Wildman–Crippen LogP) is 3.36. The molecule has 0 saturated heterocycles. The van der Waals surface area contributed by atoms with Gasteiger partial charge in [-0.3, -0.25) is 0 Å². The Labute approximate surface area is 74.8 Å². The van der Waals surface area contributed by atoms with Gasteiger partial charge in [-0.15, -0.1) is 0 Å². The third-order valence-electron chi connectivity index (χ3n) is 2.18. The summed E-state index contributed by atoms with van der Waals surface area (Å²) in [6, 6.07) is 0. The second-order valence-corrected chi connectivity index (χ2v) is 3.67. The molecule has 0 bridgehead atoms. The van der Waals surface area contributed by atoms with Crippen LogP contribution in [0.2, 0.25) is 0 Å². The number of rotatable bonds is 2. The van der Waals surface area contributed by atoms with Gasteiger partial charge < -0.3 is 0 Å². The van der Waals surface area contributed by atoms with Gasteiger partial charge in [-0.25, -0.2) is 0 Å². The molecule has 1 aliphatic carbocycles. The molecular weight excluding hydrogens is 152 g/mol. The Hall–Kier alpha value is -0.170. The lowest BCUT2D eigenvalue weighted by Gasteiger charge is -2.17. The van der Waals surface area contributed by atoms with Gasteiger partial charge >= 0.3 is 0 Å². The van der Waals surface area contributed by atoms with Crippen molar-refractivity contribution in [1.29, 1.82) is 0 Å². The molecule has 0 amide bonds. The second-order valence-electron chi connectivity index (χ2n) is 3.05. The molecule has 1 heteroatoms. The molecule has 0 spiro atoms. The van der Waals surface area contributed by atoms with Crippen molar-refractivity contribution in [3.05, 3.63) is 23.3 Å². The summed E-state index contributed by atoms with van der Waals surface area (Å²) in [6.45, 7) is 4.37. The average molecular weight is 168 g/mol. The van der Waals surface area contributed by atoms with Crippen molar-refractivity contribution in [2.24, 2.45) is 0 Å². The summed E-state index contributed by atoms with van der Waals surface area (Å²) >= 11 is 4.52. The van der Waals surface area contributed by atoms with Crippen LogP contribution < -0.4 is 0 Å². The summed E-state index contributed by atoms with van der Waals surface area (Å²) in [5.74, 6) is 0. The van der Waals surface area contributed by atoms with Crippen LogP contribution in [0.5, 0.6) is 0 Å². The fraction of sp³-hybridized carbons (Fsp3) is 0.600. The first-order valence-electron chi connectivity index (χ1n) is 4.31. The van der Waals surface area contributed by atoms with E-state index in [1.807, 2.05) is 0 Å². The van der Waals surface area contributed by atoms with E-state index in [1.54, 1.807) is 0 Å². The fourth-order valence-corrected chi connectivity index (χ4v) is 1.75. The van der Waals surface area contributed by atoms with E-state index >= 15 is 0 Å². The Balaban J connectivity index is 2.70. The van der Waals surface area contributed by atoms with E-state index in [0.717, 1.165) is 6.42 Å². The van der Waals surface area contributed by atoms with Gasteiger partial charge in [0.25, 0.3) is 0 Å². The minimum Gasteiger partial charge on any atom is -0.171 e. The predicted molar refractivity (Wildman–Crippen MR) is 54.1 cm³/mol. The molecule has 1 aliphatic rings. The van der Waals surface area contributed by atoms with Gasteiger partial charge in [-0.1, -0.05) is 24.6 Å². The quantitative estimate of drug-likeness (QED) is 0.600. The molecule has 0 N–H and O–H groups in total. The average Bonchev–Trinajstić information content (AvgIpc) is 2.04. The molecule has 0 aromatic heterocycles. The summed E-state index contributed by atoms with van der Waals surface area (Å²) in [6.07, 6.45) is 8.17. The summed E-state index contributed by atoms with van der Waals surface area (Å²) < 4.78 is 0. The van der Waals surface area contributed by atoms with E-state index in [-0.39, 0.29) is 0 Å². The molecule has 62 valence electrons. The summed E-state index contributed by atoms with van der Waals surface area (Å²) in [5, 5.41) is 0.451. The topological polar surface area (TPSA) is 0 Å². The molecular formula is C10H16S. The van der Waals surface area contributed by atoms with Crippen LogP contribution in [-0.2, 0) is 0 Å². The molecule has 0 fully saturated rings. The molecule has 0 saturated carbocycles. The Morgan fingerprint density at radius 3 is 2.64 bits per heavy atom. The number of hydrogen-bond acceptors (Lipinski definition) is 1. The highest BCUT2D eigenvalue weighted by Gasteiger charge is 2.10. The minimum atomic E-state index is 0.451. The lowest BCUT2D eigenvalue weighted by Crippen LogP contribution is -2.05. The third-order valence-corrected chi connectivity index (χ3v) is 2.83. The van der Waals surface area contributed by atoms with Crippen molar-refractivity contribution >= 4 is 12.6 Å². The summed E-state index contributed by atoms with van der Waals surface area (Å²) in [4.78, 5) is 0. The third kappa shape index (κ3) is 2.13. The molecule has 0 aromatic rings. The van der Waals surface area contributed by atoms with Crippen LogP contribution in [0.3, 0.4) is 0 Å². The van der Waals surface area contributed by atoms with Crippen molar-refractivity contribution in [2.45, 2.75) is 38.4 Å². The van der Waals surface area contributed by atoms with E-state index in [9.17, 15) is 0 Å². The Morgan fingerprint density at radius 2 is 2.09 bits per heavy atom. The van der Waals surface area contributed by atoms with Crippen molar-refractivity contribution in [3.8, 4) is 0 Å². The van der Waals surface area contributed by atoms with E-state index in [0.29, 0.717) is 5.25 Å². The Morgan fingerprint density at radius 1 is 1.45 bits per heavy atom. The van der Waals surface area contributed by atoms with E-state index in [2.05, 4.69) is 38.6 Å². The molecule has 0 aliphatic heterocycles. The van der Waals surface area contributed by atoms with E-state index in [4.69, 9.17) is 0 Å². The first-order valence-corrected chi connectivity index (χ1v) is 4.82. The second kappa shape index (κ2) is 4.01. The van der Waals surface area contributed by atoms with Gasteiger partial charge in [0.2, 0.25) is 0 Å². The zero-order valence-corrected chi connectivity index (χ0v) is 8.20. The number of thiol groups is 1. The SMILES string of the molecule is CCC(S)C1=CCCC=C1C. The largest absolute Gasteiger partial charge is 0.171 e. The van der Waals surface area contributed by atoms with Gasteiger partial charge in [0.1, 0.15) is 0 Å². The van der Waals surface area contributed by atoms with Crippen molar-refractivity contribution in [1.82, 2.24) is 0 Å². The molecule has 1 atom stereocenters. The Kier molecular flexibility index (Phi) is 3.25. The summed E-state index contributed by atoms with van der Waals surface area (Å²) in [5.41, 5.74) is 2.88. The van der Waals surface area contributed by atoms with Gasteiger partial charge in [-0.2, -0.15) is 12.6 Å². The van der Waals surface area contributed by atoms with Crippen LogP contribution >= 0.6 is 12.6 Å². The first-order chi connectivity index (χ1) is 5.25. The number of allylic oxidation sites excluding steroid dienone is 3. The molecule has 1 unspecified atom stereocenters. The standard InChI is InChI=1S/C10H16S/c1-3-10(11)9-7-5-4-6-8(9)2/h6-7,10-11H,3-5H2,1-2H3. The lowest BCUT2D eigenvalue weighted by molar-refractivity contribution is 0.892. The normalized spacial score (nSPS) is 20.6. The van der Waals surface area contributed by atoms with Gasteiger partial charge in [-0.05, 0) is 31.8 Å². The lowest BCUT2D eigenvalue weighted by atomic mass is 9.95.